The van der Waals surface area contributed by atoms with Gasteiger partial charge < -0.3 is 14.6 Å². The Hall–Kier alpha value is -2.53. The Balaban J connectivity index is 1.39. The molecule has 5 nitrogen and oxygen atoms in total. The fourth-order valence-electron chi connectivity index (χ4n) is 2.72. The summed E-state index contributed by atoms with van der Waals surface area (Å²) < 4.78 is 7.54. The van der Waals surface area contributed by atoms with Crippen LogP contribution < -0.4 is 10.1 Å². The summed E-state index contributed by atoms with van der Waals surface area (Å²) in [5.41, 5.74) is 1.86. The number of fused-ring (bicyclic) bond motifs is 1. The van der Waals surface area contributed by atoms with Crippen LogP contribution in [-0.2, 0) is 4.79 Å². The van der Waals surface area contributed by atoms with Crippen molar-refractivity contribution in [1.29, 1.82) is 0 Å². The van der Waals surface area contributed by atoms with E-state index in [0.29, 0.717) is 18.2 Å². The molecule has 0 aliphatic rings. The Morgan fingerprint density at radius 2 is 1.96 bits per heavy atom. The lowest BCUT2D eigenvalue weighted by Crippen LogP contribution is -2.31. The number of unbranched alkanes of at least 4 members (excludes halogenated alkanes) is 1. The van der Waals surface area contributed by atoms with Gasteiger partial charge in [0.05, 0.1) is 24.0 Å². The van der Waals surface area contributed by atoms with Crippen LogP contribution in [0.25, 0.3) is 11.0 Å². The number of halogens is 1. The number of aromatic nitrogens is 2. The van der Waals surface area contributed by atoms with Crippen LogP contribution >= 0.6 is 11.6 Å². The number of para-hydroxylation sites is 2. The van der Waals surface area contributed by atoms with Gasteiger partial charge in [0.25, 0.3) is 0 Å². The van der Waals surface area contributed by atoms with Crippen molar-refractivity contribution in [3.8, 4) is 5.75 Å². The van der Waals surface area contributed by atoms with Crippen LogP contribution in [0.2, 0.25) is 5.02 Å². The van der Waals surface area contributed by atoms with Crippen LogP contribution in [0.3, 0.4) is 0 Å². The molecule has 3 rings (SSSR count). The van der Waals surface area contributed by atoms with Crippen molar-refractivity contribution >= 4 is 28.5 Å². The molecule has 3 aromatic rings. The number of benzene rings is 2. The highest BCUT2D eigenvalue weighted by molar-refractivity contribution is 6.30. The highest BCUT2D eigenvalue weighted by Crippen LogP contribution is 2.17. The first-order chi connectivity index (χ1) is 12.6. The molecule has 6 heteroatoms. The molecule has 1 atom stereocenters. The molecule has 1 aromatic heterocycles. The van der Waals surface area contributed by atoms with Crippen LogP contribution in [0, 0.1) is 0 Å². The predicted molar refractivity (Wildman–Crippen MR) is 104 cm³/mol. The van der Waals surface area contributed by atoms with E-state index >= 15 is 0 Å². The Bertz CT molecular complexity index is 861. The molecule has 0 saturated heterocycles. The molecule has 0 aliphatic carbocycles. The number of imidazole rings is 1. The summed E-state index contributed by atoms with van der Waals surface area (Å²) >= 11 is 5.84. The van der Waals surface area contributed by atoms with Crippen molar-refractivity contribution in [2.45, 2.75) is 25.8 Å². The molecule has 0 aliphatic heterocycles. The van der Waals surface area contributed by atoms with Gasteiger partial charge in [-0.05, 0) is 56.2 Å². The second kappa shape index (κ2) is 8.72. The molecule has 0 spiro atoms. The number of carbonyl (C=O) groups is 1. The van der Waals surface area contributed by atoms with Gasteiger partial charge >= 0.3 is 0 Å². The van der Waals surface area contributed by atoms with Crippen molar-refractivity contribution < 1.29 is 9.53 Å². The third-order valence-electron chi connectivity index (χ3n) is 4.23. The van der Waals surface area contributed by atoms with Crippen molar-refractivity contribution in [3.63, 3.8) is 0 Å². The fraction of sp³-hybridized carbons (Fsp3) is 0.300. The van der Waals surface area contributed by atoms with E-state index in [9.17, 15) is 4.79 Å². The van der Waals surface area contributed by atoms with E-state index in [1.165, 1.54) is 0 Å². The molecule has 136 valence electrons. The maximum atomic E-state index is 12.4. The first-order valence-electron chi connectivity index (χ1n) is 8.73. The molecule has 0 saturated carbocycles. The number of ether oxygens (including phenoxy) is 1. The number of carbonyl (C=O) groups excluding carboxylic acids is 1. The van der Waals surface area contributed by atoms with E-state index in [2.05, 4.69) is 10.3 Å². The lowest BCUT2D eigenvalue weighted by atomic mass is 10.2. The lowest BCUT2D eigenvalue weighted by molar-refractivity contribution is -0.123. The molecule has 0 fully saturated rings. The normalized spacial score (nSPS) is 12.1. The van der Waals surface area contributed by atoms with E-state index in [1.807, 2.05) is 47.9 Å². The number of rotatable bonds is 8. The van der Waals surface area contributed by atoms with Crippen molar-refractivity contribution in [2.24, 2.45) is 0 Å². The molecular formula is C20H22ClN3O2. The fourth-order valence-corrected chi connectivity index (χ4v) is 2.85. The first-order valence-corrected chi connectivity index (χ1v) is 9.10. The number of nitrogens with one attached hydrogen (secondary N) is 1. The van der Waals surface area contributed by atoms with Gasteiger partial charge in [0.1, 0.15) is 11.8 Å². The highest BCUT2D eigenvalue weighted by Gasteiger charge is 2.16. The number of hydrogen-bond donors (Lipinski definition) is 1. The minimum atomic E-state index is -0.298. The molecular weight excluding hydrogens is 350 g/mol. The summed E-state index contributed by atoms with van der Waals surface area (Å²) in [4.78, 5) is 16.7. The Morgan fingerprint density at radius 1 is 1.19 bits per heavy atom. The van der Waals surface area contributed by atoms with E-state index in [4.69, 9.17) is 16.3 Å². The average Bonchev–Trinajstić information content (AvgIpc) is 3.09. The smallest absolute Gasteiger partial charge is 0.242 e. The maximum Gasteiger partial charge on any atom is 0.242 e. The standard InChI is InChI=1S/C20H22ClN3O2/c1-15(24-14-23-18-6-2-3-7-19(18)24)20(25)22-12-4-5-13-26-17-10-8-16(21)9-11-17/h2-3,6-11,14-15H,4-5,12-13H2,1H3,(H,22,25). The van der Waals surface area contributed by atoms with Gasteiger partial charge in [0, 0.05) is 11.6 Å². The summed E-state index contributed by atoms with van der Waals surface area (Å²) in [5, 5.41) is 3.68. The molecule has 0 radical (unpaired) electrons. The molecule has 1 unspecified atom stereocenters. The zero-order valence-corrected chi connectivity index (χ0v) is 15.4. The van der Waals surface area contributed by atoms with Crippen LogP contribution in [0.1, 0.15) is 25.8 Å². The zero-order valence-electron chi connectivity index (χ0n) is 14.7. The van der Waals surface area contributed by atoms with Gasteiger partial charge in [-0.25, -0.2) is 4.98 Å². The van der Waals surface area contributed by atoms with Crippen molar-refractivity contribution in [1.82, 2.24) is 14.9 Å². The van der Waals surface area contributed by atoms with Crippen LogP contribution in [-0.4, -0.2) is 28.6 Å². The third kappa shape index (κ3) is 4.55. The minimum absolute atomic E-state index is 0.00762. The van der Waals surface area contributed by atoms with Crippen molar-refractivity contribution in [2.75, 3.05) is 13.2 Å². The third-order valence-corrected chi connectivity index (χ3v) is 4.48. The Labute approximate surface area is 157 Å². The van der Waals surface area contributed by atoms with Crippen molar-refractivity contribution in [3.05, 3.63) is 59.9 Å². The SMILES string of the molecule is CC(C(=O)NCCCCOc1ccc(Cl)cc1)n1cnc2ccccc21. The Kier molecular flexibility index (Phi) is 6.12. The first kappa shape index (κ1) is 18.3. The van der Waals surface area contributed by atoms with Gasteiger partial charge in [-0.1, -0.05) is 23.7 Å². The van der Waals surface area contributed by atoms with Gasteiger partial charge in [0.2, 0.25) is 5.91 Å². The van der Waals surface area contributed by atoms with Crippen LogP contribution in [0.5, 0.6) is 5.75 Å². The molecule has 1 heterocycles. The van der Waals surface area contributed by atoms with Gasteiger partial charge in [-0.3, -0.25) is 4.79 Å². The second-order valence-corrected chi connectivity index (χ2v) is 6.55. The van der Waals surface area contributed by atoms with E-state index in [0.717, 1.165) is 29.6 Å². The van der Waals surface area contributed by atoms with E-state index < -0.39 is 0 Å². The monoisotopic (exact) mass is 371 g/mol. The van der Waals surface area contributed by atoms with Gasteiger partial charge in [0.15, 0.2) is 0 Å². The number of amides is 1. The minimum Gasteiger partial charge on any atom is -0.494 e. The highest BCUT2D eigenvalue weighted by atomic mass is 35.5. The average molecular weight is 372 g/mol. The molecule has 1 amide bonds. The molecule has 26 heavy (non-hydrogen) atoms. The molecule has 1 N–H and O–H groups in total. The maximum absolute atomic E-state index is 12.4. The Morgan fingerprint density at radius 3 is 2.77 bits per heavy atom. The summed E-state index contributed by atoms with van der Waals surface area (Å²) in [7, 11) is 0. The summed E-state index contributed by atoms with van der Waals surface area (Å²) in [6, 6.07) is 14.8. The summed E-state index contributed by atoms with van der Waals surface area (Å²) in [5.74, 6) is 0.797. The lowest BCUT2D eigenvalue weighted by Gasteiger charge is -2.14. The molecule has 2 aromatic carbocycles. The van der Waals surface area contributed by atoms with E-state index in [1.54, 1.807) is 18.5 Å². The largest absolute Gasteiger partial charge is 0.494 e. The van der Waals surface area contributed by atoms with Gasteiger partial charge in [-0.15, -0.1) is 0 Å². The van der Waals surface area contributed by atoms with Crippen LogP contribution in [0.15, 0.2) is 54.9 Å². The zero-order chi connectivity index (χ0) is 18.4. The quantitative estimate of drug-likeness (QED) is 0.603. The van der Waals surface area contributed by atoms with Crippen LogP contribution in [0.4, 0.5) is 0 Å². The van der Waals surface area contributed by atoms with Gasteiger partial charge in [-0.2, -0.15) is 0 Å². The second-order valence-electron chi connectivity index (χ2n) is 6.12. The number of hydrogen-bond acceptors (Lipinski definition) is 3. The summed E-state index contributed by atoms with van der Waals surface area (Å²) in [6.07, 6.45) is 3.44. The topological polar surface area (TPSA) is 56.1 Å². The molecule has 0 bridgehead atoms. The van der Waals surface area contributed by atoms with E-state index in [-0.39, 0.29) is 11.9 Å². The number of nitrogens with zero attached hydrogens (tertiary/aromatic N) is 2. The predicted octanol–water partition coefficient (Wildman–Crippen LogP) is 4.23. The summed E-state index contributed by atoms with van der Waals surface area (Å²) in [6.45, 7) is 3.12.